The second-order valence-corrected chi connectivity index (χ2v) is 12.2. The monoisotopic (exact) mass is 949 g/mol. The van der Waals surface area contributed by atoms with Crippen LogP contribution in [-0.4, -0.2) is 6.15 Å². The van der Waals surface area contributed by atoms with E-state index in [4.69, 9.17) is 0 Å². The smallest absolute Gasteiger partial charge is 0.207 e. The summed E-state index contributed by atoms with van der Waals surface area (Å²) in [6.07, 6.45) is -20.0. The van der Waals surface area contributed by atoms with Crippen LogP contribution >= 0.6 is 0 Å². The first kappa shape index (κ1) is 49.4. The molecule has 0 N–H and O–H groups in total. The van der Waals surface area contributed by atoms with E-state index in [1.165, 1.54) is 0 Å². The summed E-state index contributed by atoms with van der Waals surface area (Å²) in [7, 11) is 0. The summed E-state index contributed by atoms with van der Waals surface area (Å²) < 4.78 is 407. The van der Waals surface area contributed by atoms with E-state index in [1.54, 1.807) is 0 Å². The van der Waals surface area contributed by atoms with E-state index in [-0.39, 0.29) is 0 Å². The minimum absolute atomic E-state index is 0.418. The van der Waals surface area contributed by atoms with Crippen LogP contribution in [0, 0.1) is 93.1 Å². The normalized spacial score (nSPS) is 12.1. The second-order valence-electron chi connectivity index (χ2n) is 12.2. The molecule has 4 rings (SSSR count). The SMILES string of the molecule is C=C(C)/C(F)=C(\F)c1c(F)c(F)c([B-](c2c(F)c(F)c(C(F)=C(F)F)c(F)c2F)(c2c(F)c(F)c(C(F)=C(F)F)c(F)c2F)c2c(F)c(F)c(C(F)=C(F)F)c(F)c2F)c(F)c1F. The van der Waals surface area contributed by atoms with Crippen LogP contribution < -0.4 is 21.9 Å². The summed E-state index contributed by atoms with van der Waals surface area (Å²) in [6, 6.07) is 0. The van der Waals surface area contributed by atoms with Crippen LogP contribution in [0.3, 0.4) is 0 Å². The molecule has 63 heavy (non-hydrogen) atoms. The first-order valence-corrected chi connectivity index (χ1v) is 15.4. The molecule has 4 aromatic rings. The van der Waals surface area contributed by atoms with E-state index in [1.807, 2.05) is 0 Å². The van der Waals surface area contributed by atoms with Crippen molar-refractivity contribution in [2.45, 2.75) is 6.92 Å². The molecule has 0 aliphatic heterocycles. The van der Waals surface area contributed by atoms with Crippen LogP contribution in [0.5, 0.6) is 0 Å². The zero-order valence-corrected chi connectivity index (χ0v) is 29.0. The van der Waals surface area contributed by atoms with Gasteiger partial charge in [0.25, 0.3) is 0 Å². The van der Waals surface area contributed by atoms with Crippen molar-refractivity contribution in [3.05, 3.63) is 152 Å². The summed E-state index contributed by atoms with van der Waals surface area (Å²) in [5, 5.41) is 0. The van der Waals surface area contributed by atoms with Gasteiger partial charge in [-0.3, -0.25) is 0 Å². The van der Waals surface area contributed by atoms with Crippen LogP contribution in [0.1, 0.15) is 29.2 Å². The Morgan fingerprint density at radius 2 is 0.444 bits per heavy atom. The van der Waals surface area contributed by atoms with Gasteiger partial charge in [0.05, 0.1) is 22.3 Å². The number of rotatable bonds is 9. The minimum Gasteiger partial charge on any atom is -0.207 e. The Hall–Kier alpha value is -6.25. The molecule has 0 fully saturated rings. The largest absolute Gasteiger partial charge is 0.306 e. The lowest BCUT2D eigenvalue weighted by Gasteiger charge is -2.45. The van der Waals surface area contributed by atoms with Crippen molar-refractivity contribution in [2.75, 3.05) is 0 Å². The molecule has 4 aromatic carbocycles. The van der Waals surface area contributed by atoms with Crippen LogP contribution in [0.4, 0.5) is 119 Å². The van der Waals surface area contributed by atoms with E-state index in [2.05, 4.69) is 6.58 Å². The Kier molecular flexibility index (Phi) is 13.4. The van der Waals surface area contributed by atoms with Crippen molar-refractivity contribution in [1.82, 2.24) is 0 Å². The van der Waals surface area contributed by atoms with Crippen LogP contribution in [0.2, 0.25) is 0 Å². The van der Waals surface area contributed by atoms with Gasteiger partial charge in [-0.1, -0.05) is 6.58 Å². The number of halogens is 27. The van der Waals surface area contributed by atoms with Crippen LogP contribution in [0.25, 0.3) is 23.3 Å². The molecule has 0 bridgehead atoms. The lowest BCUT2D eigenvalue weighted by molar-refractivity contribution is 0.402. The molecule has 0 aliphatic carbocycles. The molecule has 0 aromatic heterocycles. The molecule has 0 nitrogen and oxygen atoms in total. The third kappa shape index (κ3) is 7.18. The van der Waals surface area contributed by atoms with Gasteiger partial charge in [-0.15, -0.1) is 21.9 Å². The molecule has 0 atom stereocenters. The molecule has 0 saturated heterocycles. The average molecular weight is 949 g/mol. The fourth-order valence-electron chi connectivity index (χ4n) is 6.33. The minimum atomic E-state index is -7.95. The first-order chi connectivity index (χ1) is 28.9. The van der Waals surface area contributed by atoms with Gasteiger partial charge in [0.1, 0.15) is 52.7 Å². The van der Waals surface area contributed by atoms with Gasteiger partial charge in [0, 0.05) is 0 Å². The highest BCUT2D eigenvalue weighted by Gasteiger charge is 2.53. The van der Waals surface area contributed by atoms with Crippen molar-refractivity contribution >= 4 is 51.3 Å². The maximum atomic E-state index is 16.5. The van der Waals surface area contributed by atoms with Crippen molar-refractivity contribution < 1.29 is 119 Å². The summed E-state index contributed by atoms with van der Waals surface area (Å²) in [5.41, 5.74) is -31.1. The molecule has 0 heterocycles. The molecule has 0 radical (unpaired) electrons. The van der Waals surface area contributed by atoms with Gasteiger partial charge in [-0.05, 0) is 12.5 Å². The van der Waals surface area contributed by atoms with Gasteiger partial charge in [0.2, 0.25) is 17.5 Å². The van der Waals surface area contributed by atoms with E-state index in [0.29, 0.717) is 6.92 Å². The van der Waals surface area contributed by atoms with Gasteiger partial charge in [-0.25, -0.2) is 92.2 Å². The van der Waals surface area contributed by atoms with E-state index >= 15 is 70.2 Å². The van der Waals surface area contributed by atoms with Crippen LogP contribution in [-0.2, 0) is 0 Å². The van der Waals surface area contributed by atoms with E-state index in [9.17, 15) is 48.3 Å². The molecular formula is C35H5BF27-. The molecular weight excluding hydrogens is 944 g/mol. The highest BCUT2D eigenvalue weighted by atomic mass is 19.3. The van der Waals surface area contributed by atoms with Gasteiger partial charge in [-0.2, -0.15) is 26.3 Å². The Balaban J connectivity index is 2.78. The summed E-state index contributed by atoms with van der Waals surface area (Å²) in [5.74, 6) is -82.0. The van der Waals surface area contributed by atoms with Gasteiger partial charge < -0.3 is 0 Å². The quantitative estimate of drug-likeness (QED) is 0.0679. The molecule has 0 aliphatic rings. The molecule has 0 saturated carbocycles. The Labute approximate surface area is 328 Å². The fourth-order valence-corrected chi connectivity index (χ4v) is 6.33. The van der Waals surface area contributed by atoms with Crippen molar-refractivity contribution in [1.29, 1.82) is 0 Å². The zero-order chi connectivity index (χ0) is 48.6. The van der Waals surface area contributed by atoms with Crippen LogP contribution in [0.15, 0.2) is 36.2 Å². The lowest BCUT2D eigenvalue weighted by Crippen LogP contribution is -2.81. The molecule has 0 spiro atoms. The summed E-state index contributed by atoms with van der Waals surface area (Å²) in [6.45, 7) is 3.10. The zero-order valence-electron chi connectivity index (χ0n) is 29.0. The predicted molar refractivity (Wildman–Crippen MR) is 164 cm³/mol. The maximum absolute atomic E-state index is 16.5. The third-order valence-corrected chi connectivity index (χ3v) is 8.86. The maximum Gasteiger partial charge on any atom is 0.306 e. The van der Waals surface area contributed by atoms with E-state index < -0.39 is 196 Å². The number of hydrogen-bond acceptors (Lipinski definition) is 0. The van der Waals surface area contributed by atoms with Gasteiger partial charge >= 0.3 is 18.2 Å². The predicted octanol–water partition coefficient (Wildman–Crippen LogP) is 12.1. The topological polar surface area (TPSA) is 0 Å². The Bertz CT molecular complexity index is 2480. The molecule has 0 unspecified atom stereocenters. The van der Waals surface area contributed by atoms with Gasteiger partial charge in [0.15, 0.2) is 58.2 Å². The summed E-state index contributed by atoms with van der Waals surface area (Å²) in [4.78, 5) is 0. The van der Waals surface area contributed by atoms with E-state index in [0.717, 1.165) is 0 Å². The standard InChI is InChI=1S/C35H5BF27/c1-3(2)12(37)13(38)4-14(39)25(50)8(26(51)15(4)40)36(9-27(52)16(41)5(17(42)28(9)53)22(47)33(58)59,10-29(54)18(43)6(19(44)30(10)55)23(48)34(60)61)11-31(56)20(45)7(21(46)32(11)57)24(49)35(62)63/h1H2,2H3/q-1/b13-12+. The number of benzene rings is 4. The van der Waals surface area contributed by atoms with Crippen molar-refractivity contribution in [3.63, 3.8) is 0 Å². The summed E-state index contributed by atoms with van der Waals surface area (Å²) >= 11 is 0. The first-order valence-electron chi connectivity index (χ1n) is 15.4. The molecule has 0 amide bonds. The lowest BCUT2D eigenvalue weighted by atomic mass is 9.12. The molecule has 338 valence electrons. The Morgan fingerprint density at radius 1 is 0.286 bits per heavy atom. The number of allylic oxidation sites excluding steroid dienone is 2. The Morgan fingerprint density at radius 3 is 0.587 bits per heavy atom. The second kappa shape index (κ2) is 17.1. The highest BCUT2D eigenvalue weighted by molar-refractivity contribution is 7.20. The van der Waals surface area contributed by atoms with Crippen molar-refractivity contribution in [2.24, 2.45) is 0 Å². The van der Waals surface area contributed by atoms with Crippen molar-refractivity contribution in [3.8, 4) is 0 Å². The average Bonchev–Trinajstić information content (AvgIpc) is 3.20. The highest BCUT2D eigenvalue weighted by Crippen LogP contribution is 2.39. The fraction of sp³-hybridized carbons (Fsp3) is 0.0286. The molecule has 28 heteroatoms. The third-order valence-electron chi connectivity index (χ3n) is 8.86. The number of hydrogen-bond donors (Lipinski definition) is 0.